The fourth-order valence-corrected chi connectivity index (χ4v) is 0.850. The molecule has 0 saturated carbocycles. The molecule has 1 atom stereocenters. The highest BCUT2D eigenvalue weighted by atomic mass is 16.5. The van der Waals surface area contributed by atoms with Gasteiger partial charge >= 0.3 is 0 Å². The summed E-state index contributed by atoms with van der Waals surface area (Å²) in [6, 6.07) is 0. The van der Waals surface area contributed by atoms with Crippen LogP contribution in [0.4, 0.5) is 0 Å². The summed E-state index contributed by atoms with van der Waals surface area (Å²) < 4.78 is 5.16. The van der Waals surface area contributed by atoms with E-state index in [0.29, 0.717) is 6.42 Å². The highest BCUT2D eigenvalue weighted by Crippen LogP contribution is 2.15. The van der Waals surface area contributed by atoms with Crippen molar-refractivity contribution < 1.29 is 9.53 Å². The van der Waals surface area contributed by atoms with Crippen LogP contribution >= 0.6 is 0 Å². The molecule has 0 heterocycles. The second-order valence-corrected chi connectivity index (χ2v) is 4.01. The van der Waals surface area contributed by atoms with Crippen molar-refractivity contribution in [1.82, 2.24) is 5.32 Å². The van der Waals surface area contributed by atoms with Gasteiger partial charge in [0, 0.05) is 7.11 Å². The number of hydrogen-bond donors (Lipinski definition) is 1. The molecule has 0 spiro atoms. The SMILES string of the molecule is C#CC(C)(C)NC(=O)C(C)(CC)OC. The molecule has 1 amide bonds. The summed E-state index contributed by atoms with van der Waals surface area (Å²) in [6.45, 7) is 7.19. The minimum absolute atomic E-state index is 0.176. The van der Waals surface area contributed by atoms with Crippen LogP contribution in [0, 0.1) is 12.3 Å². The Balaban J connectivity index is 4.58. The summed E-state index contributed by atoms with van der Waals surface area (Å²) in [7, 11) is 1.52. The third kappa shape index (κ3) is 3.04. The van der Waals surface area contributed by atoms with Gasteiger partial charge in [0.15, 0.2) is 0 Å². The topological polar surface area (TPSA) is 38.3 Å². The lowest BCUT2D eigenvalue weighted by atomic mass is 9.99. The number of hydrogen-bond acceptors (Lipinski definition) is 2. The van der Waals surface area contributed by atoms with Gasteiger partial charge in [-0.15, -0.1) is 6.42 Å². The van der Waals surface area contributed by atoms with Crippen LogP contribution in [0.5, 0.6) is 0 Å². The maximum atomic E-state index is 11.8. The highest BCUT2D eigenvalue weighted by molar-refractivity contribution is 5.85. The number of rotatable bonds is 4. The molecule has 1 N–H and O–H groups in total. The molecule has 0 aromatic heterocycles. The number of carbonyl (C=O) groups excluding carboxylic acids is 1. The Morgan fingerprint density at radius 1 is 1.50 bits per heavy atom. The molecule has 14 heavy (non-hydrogen) atoms. The average molecular weight is 197 g/mol. The Bertz CT molecular complexity index is 247. The third-order valence-electron chi connectivity index (χ3n) is 2.39. The third-order valence-corrected chi connectivity index (χ3v) is 2.39. The first-order valence-electron chi connectivity index (χ1n) is 4.67. The van der Waals surface area contributed by atoms with Crippen LogP contribution in [0.2, 0.25) is 0 Å². The molecule has 0 rings (SSSR count). The number of nitrogens with one attached hydrogen (secondary N) is 1. The quantitative estimate of drug-likeness (QED) is 0.690. The second kappa shape index (κ2) is 4.47. The highest BCUT2D eigenvalue weighted by Gasteiger charge is 2.33. The van der Waals surface area contributed by atoms with Crippen LogP contribution in [-0.4, -0.2) is 24.2 Å². The van der Waals surface area contributed by atoms with Crippen LogP contribution in [0.1, 0.15) is 34.1 Å². The zero-order valence-corrected chi connectivity index (χ0v) is 9.60. The van der Waals surface area contributed by atoms with Crippen molar-refractivity contribution in [3.05, 3.63) is 0 Å². The van der Waals surface area contributed by atoms with E-state index in [1.807, 2.05) is 6.92 Å². The summed E-state index contributed by atoms with van der Waals surface area (Å²) >= 11 is 0. The van der Waals surface area contributed by atoms with E-state index in [4.69, 9.17) is 11.2 Å². The maximum absolute atomic E-state index is 11.8. The lowest BCUT2D eigenvalue weighted by molar-refractivity contribution is -0.143. The minimum Gasteiger partial charge on any atom is -0.369 e. The molecule has 0 aliphatic heterocycles. The molecule has 0 bridgehead atoms. The average Bonchev–Trinajstić information content (AvgIpc) is 2.16. The molecule has 0 aliphatic rings. The van der Waals surface area contributed by atoms with Crippen LogP contribution in [0.3, 0.4) is 0 Å². The molecule has 0 saturated heterocycles. The van der Waals surface area contributed by atoms with Gasteiger partial charge in [0.05, 0.1) is 5.54 Å². The maximum Gasteiger partial charge on any atom is 0.253 e. The first-order chi connectivity index (χ1) is 6.31. The van der Waals surface area contributed by atoms with Crippen molar-refractivity contribution in [2.24, 2.45) is 0 Å². The number of terminal acetylenes is 1. The normalized spacial score (nSPS) is 15.4. The van der Waals surface area contributed by atoms with Gasteiger partial charge in [-0.05, 0) is 27.2 Å². The van der Waals surface area contributed by atoms with E-state index in [1.165, 1.54) is 7.11 Å². The number of methoxy groups -OCH3 is 1. The summed E-state index contributed by atoms with van der Waals surface area (Å²) in [5.41, 5.74) is -1.43. The Hall–Kier alpha value is -1.01. The molecule has 0 fully saturated rings. The van der Waals surface area contributed by atoms with E-state index < -0.39 is 11.1 Å². The Morgan fingerprint density at radius 2 is 2.00 bits per heavy atom. The molecule has 80 valence electrons. The lowest BCUT2D eigenvalue weighted by Gasteiger charge is -2.29. The van der Waals surface area contributed by atoms with Crippen LogP contribution in [0.25, 0.3) is 0 Å². The zero-order valence-electron chi connectivity index (χ0n) is 9.60. The van der Waals surface area contributed by atoms with Crippen LogP contribution in [-0.2, 0) is 9.53 Å². The molecule has 3 nitrogen and oxygen atoms in total. The lowest BCUT2D eigenvalue weighted by Crippen LogP contribution is -2.52. The number of carbonyl (C=O) groups is 1. The summed E-state index contributed by atoms with van der Waals surface area (Å²) in [5, 5.41) is 2.75. The van der Waals surface area contributed by atoms with Gasteiger partial charge in [-0.3, -0.25) is 4.79 Å². The first-order valence-corrected chi connectivity index (χ1v) is 4.67. The predicted octanol–water partition coefficient (Wildman–Crippen LogP) is 1.33. The van der Waals surface area contributed by atoms with Crippen molar-refractivity contribution in [3.8, 4) is 12.3 Å². The predicted molar refractivity (Wildman–Crippen MR) is 56.8 cm³/mol. The first kappa shape index (κ1) is 13.0. The van der Waals surface area contributed by atoms with Gasteiger partial charge in [-0.2, -0.15) is 0 Å². The van der Waals surface area contributed by atoms with E-state index in [2.05, 4.69) is 11.2 Å². The van der Waals surface area contributed by atoms with Gasteiger partial charge in [-0.25, -0.2) is 0 Å². The largest absolute Gasteiger partial charge is 0.369 e. The molecule has 1 unspecified atom stereocenters. The van der Waals surface area contributed by atoms with Crippen molar-refractivity contribution in [2.45, 2.75) is 45.3 Å². The Labute approximate surface area is 86.2 Å². The van der Waals surface area contributed by atoms with Crippen LogP contribution < -0.4 is 5.32 Å². The monoisotopic (exact) mass is 197 g/mol. The van der Waals surface area contributed by atoms with E-state index >= 15 is 0 Å². The second-order valence-electron chi connectivity index (χ2n) is 4.01. The summed E-state index contributed by atoms with van der Waals surface area (Å²) in [6.07, 6.45) is 5.88. The van der Waals surface area contributed by atoms with Crippen molar-refractivity contribution in [3.63, 3.8) is 0 Å². The van der Waals surface area contributed by atoms with E-state index in [9.17, 15) is 4.79 Å². The molecule has 0 radical (unpaired) electrons. The van der Waals surface area contributed by atoms with E-state index in [0.717, 1.165) is 0 Å². The van der Waals surface area contributed by atoms with Gasteiger partial charge in [0.2, 0.25) is 0 Å². The van der Waals surface area contributed by atoms with Gasteiger partial charge in [0.25, 0.3) is 5.91 Å². The summed E-state index contributed by atoms with van der Waals surface area (Å²) in [4.78, 5) is 11.8. The van der Waals surface area contributed by atoms with Crippen LogP contribution in [0.15, 0.2) is 0 Å². The Morgan fingerprint density at radius 3 is 2.29 bits per heavy atom. The van der Waals surface area contributed by atoms with Crippen molar-refractivity contribution >= 4 is 5.91 Å². The molecule has 0 aliphatic carbocycles. The molecule has 3 heteroatoms. The molecule has 0 aromatic carbocycles. The van der Waals surface area contributed by atoms with Gasteiger partial charge in [-0.1, -0.05) is 12.8 Å². The molecule has 0 aromatic rings. The standard InChI is InChI=1S/C11H19NO2/c1-7-10(3,4)12-9(13)11(5,8-2)14-6/h1H,8H2,2-6H3,(H,12,13). The van der Waals surface area contributed by atoms with E-state index in [1.54, 1.807) is 20.8 Å². The van der Waals surface area contributed by atoms with Gasteiger partial charge < -0.3 is 10.1 Å². The molecular formula is C11H19NO2. The van der Waals surface area contributed by atoms with Gasteiger partial charge in [0.1, 0.15) is 5.60 Å². The fraction of sp³-hybridized carbons (Fsp3) is 0.727. The zero-order chi connectivity index (χ0) is 11.4. The van der Waals surface area contributed by atoms with Crippen molar-refractivity contribution in [1.29, 1.82) is 0 Å². The number of amides is 1. The fourth-order valence-electron chi connectivity index (χ4n) is 0.850. The molecular weight excluding hydrogens is 178 g/mol. The smallest absolute Gasteiger partial charge is 0.253 e. The Kier molecular flexibility index (Phi) is 4.15. The minimum atomic E-state index is -0.797. The summed E-state index contributed by atoms with van der Waals surface area (Å²) in [5.74, 6) is 2.33. The number of ether oxygens (including phenoxy) is 1. The van der Waals surface area contributed by atoms with E-state index in [-0.39, 0.29) is 5.91 Å². The van der Waals surface area contributed by atoms with Crippen molar-refractivity contribution in [2.75, 3.05) is 7.11 Å².